The Morgan fingerprint density at radius 2 is 1.85 bits per heavy atom. The topological polar surface area (TPSA) is 81.8 Å². The molecule has 8 heteroatoms. The molecule has 3 aliphatic heterocycles. The van der Waals surface area contributed by atoms with E-state index in [0.717, 1.165) is 37.0 Å². The molecule has 4 rings (SSSR count). The summed E-state index contributed by atoms with van der Waals surface area (Å²) in [5.41, 5.74) is -0.790. The van der Waals surface area contributed by atoms with Gasteiger partial charge in [0.25, 0.3) is 5.91 Å². The molecule has 4 atom stereocenters. The summed E-state index contributed by atoms with van der Waals surface area (Å²) in [7, 11) is 1.81. The Labute approximate surface area is 167 Å². The number of nitrogens with zero attached hydrogens (tertiary/aromatic N) is 2. The number of fused-ring (bicyclic) bond motifs is 2. The molecular weight excluding hydrogens is 368 g/mol. The summed E-state index contributed by atoms with van der Waals surface area (Å²) >= 11 is 0. The Hall–Kier alpha value is -1.34. The molecule has 7 nitrogen and oxygen atoms in total. The van der Waals surface area contributed by atoms with Crippen LogP contribution in [-0.2, 0) is 9.59 Å². The van der Waals surface area contributed by atoms with E-state index in [-0.39, 0.29) is 42.7 Å². The summed E-state index contributed by atoms with van der Waals surface area (Å²) in [5, 5.41) is 6.50. The number of hydrogen-bond acceptors (Lipinski definition) is 4. The normalized spacial score (nSPS) is 37.9. The largest absolute Gasteiger partial charge is 0.341 e. The predicted octanol–water partition coefficient (Wildman–Crippen LogP) is 1.65. The maximum Gasteiger partial charge on any atom is 0.325 e. The van der Waals surface area contributed by atoms with Crippen LogP contribution in [0, 0.1) is 5.92 Å². The van der Waals surface area contributed by atoms with Crippen LogP contribution >= 0.6 is 12.4 Å². The van der Waals surface area contributed by atoms with Crippen LogP contribution in [0.5, 0.6) is 0 Å². The molecule has 2 bridgehead atoms. The number of urea groups is 1. The van der Waals surface area contributed by atoms with E-state index >= 15 is 0 Å². The highest BCUT2D eigenvalue weighted by Gasteiger charge is 2.55. The van der Waals surface area contributed by atoms with Crippen LogP contribution < -0.4 is 10.6 Å². The van der Waals surface area contributed by atoms with Crippen LogP contribution in [0.2, 0.25) is 0 Å². The SMILES string of the molecule is CC1CCCCC12NC(=O)N(CC(=O)N(C)C1CC3CCC(C1)N3)C2=O.Cl. The lowest BCUT2D eigenvalue weighted by Crippen LogP contribution is -2.54. The zero-order chi connectivity index (χ0) is 18.5. The van der Waals surface area contributed by atoms with Crippen molar-refractivity contribution in [2.45, 2.75) is 82.0 Å². The molecule has 1 saturated carbocycles. The van der Waals surface area contributed by atoms with Crippen molar-refractivity contribution in [2.75, 3.05) is 13.6 Å². The lowest BCUT2D eigenvalue weighted by molar-refractivity contribution is -0.141. The summed E-state index contributed by atoms with van der Waals surface area (Å²) in [6.07, 6.45) is 7.91. The number of hydrogen-bond donors (Lipinski definition) is 2. The Bertz CT molecular complexity index is 618. The van der Waals surface area contributed by atoms with Crippen LogP contribution in [-0.4, -0.2) is 64.9 Å². The third-order valence-electron chi connectivity index (χ3n) is 7.18. The number of nitrogens with one attached hydrogen (secondary N) is 2. The van der Waals surface area contributed by atoms with E-state index in [1.54, 1.807) is 4.90 Å². The van der Waals surface area contributed by atoms with E-state index in [9.17, 15) is 14.4 Å². The number of carbonyl (C=O) groups is 3. The number of carbonyl (C=O) groups excluding carboxylic acids is 3. The van der Waals surface area contributed by atoms with E-state index in [1.165, 1.54) is 12.8 Å². The number of rotatable bonds is 3. The maximum atomic E-state index is 13.0. The first-order valence-electron chi connectivity index (χ1n) is 10.1. The first-order chi connectivity index (χ1) is 12.4. The van der Waals surface area contributed by atoms with Gasteiger partial charge in [-0.1, -0.05) is 19.8 Å². The second-order valence-corrected chi connectivity index (χ2v) is 8.71. The molecule has 2 N–H and O–H groups in total. The van der Waals surface area contributed by atoms with Crippen LogP contribution in [0.4, 0.5) is 4.79 Å². The quantitative estimate of drug-likeness (QED) is 0.708. The van der Waals surface area contributed by atoms with E-state index in [0.29, 0.717) is 18.5 Å². The average molecular weight is 399 g/mol. The molecule has 27 heavy (non-hydrogen) atoms. The third kappa shape index (κ3) is 3.44. The molecule has 4 aliphatic rings. The summed E-state index contributed by atoms with van der Waals surface area (Å²) in [6.45, 7) is 1.88. The molecule has 3 saturated heterocycles. The Morgan fingerprint density at radius 1 is 1.19 bits per heavy atom. The van der Waals surface area contributed by atoms with Crippen LogP contribution in [0.15, 0.2) is 0 Å². The van der Waals surface area contributed by atoms with Gasteiger partial charge in [-0.25, -0.2) is 4.79 Å². The summed E-state index contributed by atoms with van der Waals surface area (Å²) in [5.74, 6) is -0.229. The van der Waals surface area contributed by atoms with Crippen molar-refractivity contribution in [3.8, 4) is 0 Å². The van der Waals surface area contributed by atoms with E-state index in [4.69, 9.17) is 0 Å². The van der Waals surface area contributed by atoms with E-state index in [1.807, 2.05) is 14.0 Å². The highest BCUT2D eigenvalue weighted by molar-refractivity contribution is 6.09. The molecule has 4 amide bonds. The summed E-state index contributed by atoms with van der Waals surface area (Å²) in [4.78, 5) is 41.2. The van der Waals surface area contributed by atoms with E-state index < -0.39 is 11.6 Å². The van der Waals surface area contributed by atoms with Gasteiger partial charge in [-0.15, -0.1) is 12.4 Å². The molecule has 0 aromatic carbocycles. The van der Waals surface area contributed by atoms with Crippen molar-refractivity contribution in [2.24, 2.45) is 5.92 Å². The fraction of sp³-hybridized carbons (Fsp3) is 0.842. The van der Waals surface area contributed by atoms with Gasteiger partial charge >= 0.3 is 6.03 Å². The van der Waals surface area contributed by atoms with Gasteiger partial charge in [0, 0.05) is 25.2 Å². The fourth-order valence-electron chi connectivity index (χ4n) is 5.43. The standard InChI is InChI=1S/C19H30N4O3.ClH/c1-12-5-3-4-8-19(12)17(25)23(18(26)21-19)11-16(24)22(2)15-9-13-6-7-14(10-15)20-13;/h12-15,20H,3-11H2,1-2H3,(H,21,26);1H. The Morgan fingerprint density at radius 3 is 2.48 bits per heavy atom. The average Bonchev–Trinajstić information content (AvgIpc) is 3.08. The Kier molecular flexibility index (Phi) is 5.73. The van der Waals surface area contributed by atoms with Gasteiger partial charge in [-0.05, 0) is 44.4 Å². The van der Waals surface area contributed by atoms with Crippen molar-refractivity contribution < 1.29 is 14.4 Å². The molecule has 152 valence electrons. The minimum absolute atomic E-state index is 0. The first kappa shape index (κ1) is 20.4. The minimum Gasteiger partial charge on any atom is -0.341 e. The third-order valence-corrected chi connectivity index (χ3v) is 7.18. The molecule has 3 heterocycles. The lowest BCUT2D eigenvalue weighted by atomic mass is 9.73. The Balaban J connectivity index is 0.00000210. The van der Waals surface area contributed by atoms with Crippen molar-refractivity contribution in [3.63, 3.8) is 0 Å². The van der Waals surface area contributed by atoms with Crippen LogP contribution in [0.25, 0.3) is 0 Å². The predicted molar refractivity (Wildman–Crippen MR) is 104 cm³/mol. The zero-order valence-electron chi connectivity index (χ0n) is 16.2. The molecule has 0 radical (unpaired) electrons. The highest BCUT2D eigenvalue weighted by atomic mass is 35.5. The molecule has 4 fully saturated rings. The van der Waals surface area contributed by atoms with Gasteiger partial charge < -0.3 is 15.5 Å². The minimum atomic E-state index is -0.790. The molecule has 1 spiro atoms. The van der Waals surface area contributed by atoms with Crippen molar-refractivity contribution in [1.29, 1.82) is 0 Å². The lowest BCUT2D eigenvalue weighted by Gasteiger charge is -2.37. The number of likely N-dealkylation sites (N-methyl/N-ethyl adjacent to an activating group) is 1. The molecule has 0 aromatic heterocycles. The van der Waals surface area contributed by atoms with Gasteiger partial charge in [0.15, 0.2) is 0 Å². The number of halogens is 1. The second-order valence-electron chi connectivity index (χ2n) is 8.71. The van der Waals surface area contributed by atoms with Gasteiger partial charge in [0.1, 0.15) is 12.1 Å². The van der Waals surface area contributed by atoms with Gasteiger partial charge in [0.2, 0.25) is 5.91 Å². The van der Waals surface area contributed by atoms with Gasteiger partial charge in [-0.2, -0.15) is 0 Å². The monoisotopic (exact) mass is 398 g/mol. The number of amides is 4. The maximum absolute atomic E-state index is 13.0. The van der Waals surface area contributed by atoms with Crippen LogP contribution in [0.3, 0.4) is 0 Å². The van der Waals surface area contributed by atoms with Crippen molar-refractivity contribution >= 4 is 30.3 Å². The van der Waals surface area contributed by atoms with Gasteiger partial charge in [-0.3, -0.25) is 14.5 Å². The first-order valence-corrected chi connectivity index (χ1v) is 10.1. The van der Waals surface area contributed by atoms with Crippen molar-refractivity contribution in [1.82, 2.24) is 20.4 Å². The van der Waals surface area contributed by atoms with E-state index in [2.05, 4.69) is 10.6 Å². The van der Waals surface area contributed by atoms with Gasteiger partial charge in [0.05, 0.1) is 0 Å². The highest BCUT2D eigenvalue weighted by Crippen LogP contribution is 2.38. The zero-order valence-corrected chi connectivity index (χ0v) is 17.0. The second kappa shape index (κ2) is 7.59. The van der Waals surface area contributed by atoms with Crippen LogP contribution in [0.1, 0.15) is 58.3 Å². The molecule has 0 aromatic rings. The number of imide groups is 1. The summed E-state index contributed by atoms with van der Waals surface area (Å²) < 4.78 is 0. The summed E-state index contributed by atoms with van der Waals surface area (Å²) in [6, 6.07) is 0.787. The number of piperidine rings is 1. The fourth-order valence-corrected chi connectivity index (χ4v) is 5.43. The molecule has 4 unspecified atom stereocenters. The smallest absolute Gasteiger partial charge is 0.325 e. The molecule has 1 aliphatic carbocycles. The molecular formula is C19H31ClN4O3. The van der Waals surface area contributed by atoms with Crippen molar-refractivity contribution in [3.05, 3.63) is 0 Å².